The second kappa shape index (κ2) is 8.27. The number of ketones is 1. The van der Waals surface area contributed by atoms with E-state index in [1.54, 1.807) is 18.2 Å². The average Bonchev–Trinajstić information content (AvgIpc) is 2.70. The second-order valence-electron chi connectivity index (χ2n) is 5.65. The Morgan fingerprint density at radius 3 is 2.59 bits per heavy atom. The first-order chi connectivity index (χ1) is 13.1. The standard InChI is InChI=1S/C20H18O7/c1-24-18-11-14(4-7-16(18)27-12-20(22)23)15(21)5-2-13-3-6-17-19(10-13)26-9-8-25-17/h2-7,10-11H,8-9,12H2,1H3,(H,22,23)/b5-2+. The fraction of sp³-hybridized carbons (Fsp3) is 0.200. The van der Waals surface area contributed by atoms with E-state index < -0.39 is 12.6 Å². The predicted octanol–water partition coefficient (Wildman–Crippen LogP) is 2.83. The Morgan fingerprint density at radius 2 is 1.85 bits per heavy atom. The van der Waals surface area contributed by atoms with E-state index in [9.17, 15) is 9.59 Å². The van der Waals surface area contributed by atoms with Gasteiger partial charge in [-0.25, -0.2) is 4.79 Å². The van der Waals surface area contributed by atoms with Crippen LogP contribution >= 0.6 is 0 Å². The van der Waals surface area contributed by atoms with Crippen LogP contribution in [0.1, 0.15) is 15.9 Å². The highest BCUT2D eigenvalue weighted by Crippen LogP contribution is 2.31. The van der Waals surface area contributed by atoms with Crippen LogP contribution in [0.5, 0.6) is 23.0 Å². The first kappa shape index (κ1) is 18.3. The van der Waals surface area contributed by atoms with Crippen molar-refractivity contribution < 1.29 is 33.6 Å². The summed E-state index contributed by atoms with van der Waals surface area (Å²) in [5, 5.41) is 8.69. The molecule has 0 saturated heterocycles. The molecule has 1 aliphatic rings. The van der Waals surface area contributed by atoms with Crippen molar-refractivity contribution in [2.24, 2.45) is 0 Å². The zero-order valence-electron chi connectivity index (χ0n) is 14.6. The van der Waals surface area contributed by atoms with Crippen molar-refractivity contribution in [2.45, 2.75) is 0 Å². The van der Waals surface area contributed by atoms with Crippen LogP contribution in [-0.4, -0.2) is 43.8 Å². The molecule has 0 fully saturated rings. The van der Waals surface area contributed by atoms with Gasteiger partial charge in [-0.15, -0.1) is 0 Å². The zero-order valence-corrected chi connectivity index (χ0v) is 14.6. The first-order valence-corrected chi connectivity index (χ1v) is 8.21. The van der Waals surface area contributed by atoms with Crippen LogP contribution in [0.4, 0.5) is 0 Å². The molecule has 0 radical (unpaired) electrons. The number of hydrogen-bond donors (Lipinski definition) is 1. The van der Waals surface area contributed by atoms with Crippen molar-refractivity contribution in [1.29, 1.82) is 0 Å². The number of rotatable bonds is 7. The summed E-state index contributed by atoms with van der Waals surface area (Å²) in [5.41, 5.74) is 1.20. The molecular formula is C20H18O7. The lowest BCUT2D eigenvalue weighted by molar-refractivity contribution is -0.139. The van der Waals surface area contributed by atoms with Crippen LogP contribution in [0.15, 0.2) is 42.5 Å². The highest BCUT2D eigenvalue weighted by atomic mass is 16.6. The summed E-state index contributed by atoms with van der Waals surface area (Å²) in [6.45, 7) is 0.525. The SMILES string of the molecule is COc1cc(C(=O)/C=C/c2ccc3c(c2)OCCO3)ccc1OCC(=O)O. The van der Waals surface area contributed by atoms with E-state index in [0.29, 0.717) is 30.3 Å². The van der Waals surface area contributed by atoms with Crippen LogP contribution in [0.25, 0.3) is 6.08 Å². The summed E-state index contributed by atoms with van der Waals surface area (Å²) in [7, 11) is 1.42. The number of benzene rings is 2. The van der Waals surface area contributed by atoms with Crippen LogP contribution in [-0.2, 0) is 4.79 Å². The van der Waals surface area contributed by atoms with E-state index in [1.807, 2.05) is 12.1 Å². The van der Waals surface area contributed by atoms with Gasteiger partial charge in [-0.1, -0.05) is 12.1 Å². The number of allylic oxidation sites excluding steroid dienone is 1. The number of ether oxygens (including phenoxy) is 4. The molecule has 1 heterocycles. The number of methoxy groups -OCH3 is 1. The molecule has 0 saturated carbocycles. The Labute approximate surface area is 155 Å². The van der Waals surface area contributed by atoms with Gasteiger partial charge in [0, 0.05) is 5.56 Å². The molecule has 3 rings (SSSR count). The topological polar surface area (TPSA) is 91.3 Å². The van der Waals surface area contributed by atoms with Crippen LogP contribution < -0.4 is 18.9 Å². The number of fused-ring (bicyclic) bond motifs is 1. The smallest absolute Gasteiger partial charge is 0.341 e. The van der Waals surface area contributed by atoms with E-state index in [1.165, 1.54) is 25.3 Å². The second-order valence-corrected chi connectivity index (χ2v) is 5.65. The third-order valence-corrected chi connectivity index (χ3v) is 3.79. The molecule has 0 aliphatic carbocycles. The zero-order chi connectivity index (χ0) is 19.2. The number of carbonyl (C=O) groups excluding carboxylic acids is 1. The summed E-state index contributed by atoms with van der Waals surface area (Å²) in [5.74, 6) is 0.554. The molecule has 0 unspecified atom stereocenters. The maximum atomic E-state index is 12.4. The van der Waals surface area contributed by atoms with E-state index in [4.69, 9.17) is 24.1 Å². The Kier molecular flexibility index (Phi) is 5.61. The van der Waals surface area contributed by atoms with Crippen LogP contribution in [0, 0.1) is 0 Å². The molecule has 0 atom stereocenters. The van der Waals surface area contributed by atoms with E-state index in [-0.39, 0.29) is 17.3 Å². The van der Waals surface area contributed by atoms with Gasteiger partial charge in [0.05, 0.1) is 7.11 Å². The predicted molar refractivity (Wildman–Crippen MR) is 96.9 cm³/mol. The summed E-state index contributed by atoms with van der Waals surface area (Å²) in [6.07, 6.45) is 3.12. The van der Waals surface area contributed by atoms with Crippen molar-refractivity contribution in [1.82, 2.24) is 0 Å². The number of carboxylic acid groups (broad SMARTS) is 1. The van der Waals surface area contributed by atoms with E-state index in [2.05, 4.69) is 0 Å². The highest BCUT2D eigenvalue weighted by molar-refractivity contribution is 6.07. The summed E-state index contributed by atoms with van der Waals surface area (Å²) >= 11 is 0. The minimum absolute atomic E-state index is 0.229. The van der Waals surface area contributed by atoms with Gasteiger partial charge in [0.2, 0.25) is 0 Å². The molecule has 140 valence electrons. The molecule has 27 heavy (non-hydrogen) atoms. The average molecular weight is 370 g/mol. The monoisotopic (exact) mass is 370 g/mol. The summed E-state index contributed by atoms with van der Waals surface area (Å²) < 4.78 is 21.3. The van der Waals surface area contributed by atoms with Gasteiger partial charge in [-0.2, -0.15) is 0 Å². The van der Waals surface area contributed by atoms with Gasteiger partial charge in [0.25, 0.3) is 0 Å². The van der Waals surface area contributed by atoms with Gasteiger partial charge >= 0.3 is 5.97 Å². The minimum atomic E-state index is -1.10. The number of aliphatic carboxylic acids is 1. The van der Waals surface area contributed by atoms with Gasteiger partial charge in [0.15, 0.2) is 35.4 Å². The Morgan fingerprint density at radius 1 is 1.07 bits per heavy atom. The van der Waals surface area contributed by atoms with Gasteiger partial charge < -0.3 is 24.1 Å². The Balaban J connectivity index is 1.73. The van der Waals surface area contributed by atoms with Crippen molar-refractivity contribution in [3.63, 3.8) is 0 Å². The molecule has 0 spiro atoms. The minimum Gasteiger partial charge on any atom is -0.493 e. The molecule has 0 amide bonds. The van der Waals surface area contributed by atoms with Crippen molar-refractivity contribution in [3.05, 3.63) is 53.6 Å². The lowest BCUT2D eigenvalue weighted by Gasteiger charge is -2.18. The lowest BCUT2D eigenvalue weighted by Crippen LogP contribution is -2.15. The quantitative estimate of drug-likeness (QED) is 0.592. The third-order valence-electron chi connectivity index (χ3n) is 3.79. The molecule has 1 N–H and O–H groups in total. The van der Waals surface area contributed by atoms with Crippen molar-refractivity contribution in [3.8, 4) is 23.0 Å². The molecule has 0 aromatic heterocycles. The summed E-state index contributed by atoms with van der Waals surface area (Å²) in [4.78, 5) is 23.0. The van der Waals surface area contributed by atoms with Gasteiger partial charge in [-0.05, 0) is 42.0 Å². The van der Waals surface area contributed by atoms with Crippen LogP contribution in [0.3, 0.4) is 0 Å². The maximum Gasteiger partial charge on any atom is 0.341 e. The van der Waals surface area contributed by atoms with Gasteiger partial charge in [-0.3, -0.25) is 4.79 Å². The molecular weight excluding hydrogens is 352 g/mol. The van der Waals surface area contributed by atoms with Crippen LogP contribution in [0.2, 0.25) is 0 Å². The van der Waals surface area contributed by atoms with Crippen molar-refractivity contribution >= 4 is 17.8 Å². The first-order valence-electron chi connectivity index (χ1n) is 8.21. The maximum absolute atomic E-state index is 12.4. The number of carbonyl (C=O) groups is 2. The molecule has 2 aromatic rings. The third kappa shape index (κ3) is 4.58. The Hall–Kier alpha value is -3.48. The number of carboxylic acids is 1. The molecule has 0 bridgehead atoms. The molecule has 2 aromatic carbocycles. The fourth-order valence-corrected chi connectivity index (χ4v) is 2.51. The van der Waals surface area contributed by atoms with E-state index in [0.717, 1.165) is 5.56 Å². The van der Waals surface area contributed by atoms with Crippen molar-refractivity contribution in [2.75, 3.05) is 26.9 Å². The molecule has 7 nitrogen and oxygen atoms in total. The summed E-state index contributed by atoms with van der Waals surface area (Å²) in [6, 6.07) is 10.0. The normalized spacial score (nSPS) is 12.6. The lowest BCUT2D eigenvalue weighted by atomic mass is 10.1. The molecule has 1 aliphatic heterocycles. The Bertz CT molecular complexity index is 886. The largest absolute Gasteiger partial charge is 0.493 e. The highest BCUT2D eigenvalue weighted by Gasteiger charge is 2.12. The fourth-order valence-electron chi connectivity index (χ4n) is 2.51. The molecule has 7 heteroatoms. The van der Waals surface area contributed by atoms with Gasteiger partial charge in [0.1, 0.15) is 13.2 Å². The number of hydrogen-bond acceptors (Lipinski definition) is 6. The van der Waals surface area contributed by atoms with E-state index >= 15 is 0 Å².